The smallest absolute Gasteiger partial charge is 0.433 e. The summed E-state index contributed by atoms with van der Waals surface area (Å²) >= 11 is 12.7. The zero-order valence-electron chi connectivity index (χ0n) is 25.0. The molecule has 1 saturated heterocycles. The van der Waals surface area contributed by atoms with Crippen LogP contribution in [0.1, 0.15) is 112 Å². The van der Waals surface area contributed by atoms with Gasteiger partial charge in [0, 0.05) is 24.5 Å². The molecule has 1 N–H and O–H groups in total. The number of alkyl halides is 3. The number of hydrogen-bond donors (Lipinski definition) is 1. The second-order valence-electron chi connectivity index (χ2n) is 12.7. The predicted molar refractivity (Wildman–Crippen MR) is 158 cm³/mol. The number of hydrogen-bond acceptors (Lipinski definition) is 6. The highest BCUT2D eigenvalue weighted by Gasteiger charge is 2.49. The molecule has 8 nitrogen and oxygen atoms in total. The molecule has 0 bridgehead atoms. The number of carbonyl (C=O) groups is 2. The lowest BCUT2D eigenvalue weighted by Crippen LogP contribution is -2.40. The summed E-state index contributed by atoms with van der Waals surface area (Å²) in [7, 11) is 0. The quantitative estimate of drug-likeness (QED) is 0.311. The molecule has 3 aliphatic rings. The van der Waals surface area contributed by atoms with Crippen molar-refractivity contribution in [1.29, 1.82) is 0 Å². The summed E-state index contributed by atoms with van der Waals surface area (Å²) in [6.45, 7) is 3.93. The largest absolute Gasteiger partial charge is 0.466 e. The first-order chi connectivity index (χ1) is 20.9. The van der Waals surface area contributed by atoms with E-state index >= 15 is 0 Å². The Morgan fingerprint density at radius 2 is 1.70 bits per heavy atom. The third-order valence-corrected chi connectivity index (χ3v) is 10.6. The van der Waals surface area contributed by atoms with Crippen LogP contribution in [0.5, 0.6) is 0 Å². The number of pyridine rings is 1. The lowest BCUT2D eigenvalue weighted by atomic mass is 9.74. The number of amides is 1. The minimum atomic E-state index is -4.86. The van der Waals surface area contributed by atoms with Gasteiger partial charge >= 0.3 is 12.1 Å². The number of carbonyl (C=O) groups excluding carboxylic acids is 2. The lowest BCUT2D eigenvalue weighted by Gasteiger charge is -2.36. The van der Waals surface area contributed by atoms with Crippen LogP contribution in [0.3, 0.4) is 0 Å². The summed E-state index contributed by atoms with van der Waals surface area (Å²) in [4.78, 5) is 31.9. The molecule has 0 spiro atoms. The number of aliphatic hydroxyl groups excluding tert-OH is 1. The standard InChI is InChI=1S/C31H39Cl2F3N4O4/c1-3-44-29(43)30(2)11-9-20(10-12-30)40-27(31(34,35)36)21(14-38-40)28(42)39-17-19(18-7-5-4-6-8-18)13-24(39)26(41)25-22(32)15-37-16-23(25)33/h14-16,18-20,24,26,41H,3-13,17H2,1-2H3/t19-,20?,24-,26?,30?/m1/s1. The Hall–Kier alpha value is -2.37. The van der Waals surface area contributed by atoms with Crippen LogP contribution in [0.4, 0.5) is 13.2 Å². The lowest BCUT2D eigenvalue weighted by molar-refractivity contribution is -0.157. The number of esters is 1. The average Bonchev–Trinajstić information content (AvgIpc) is 3.64. The summed E-state index contributed by atoms with van der Waals surface area (Å²) in [5.41, 5.74) is -2.24. The van der Waals surface area contributed by atoms with E-state index in [-0.39, 0.29) is 53.5 Å². The Labute approximate surface area is 265 Å². The molecule has 1 amide bonds. The van der Waals surface area contributed by atoms with E-state index in [1.807, 2.05) is 0 Å². The van der Waals surface area contributed by atoms with Gasteiger partial charge in [-0.05, 0) is 57.8 Å². The van der Waals surface area contributed by atoms with Gasteiger partial charge in [-0.1, -0.05) is 55.3 Å². The van der Waals surface area contributed by atoms with Crippen LogP contribution in [0.15, 0.2) is 18.6 Å². The zero-order chi connectivity index (χ0) is 31.8. The Morgan fingerprint density at radius 1 is 1.07 bits per heavy atom. The second kappa shape index (κ2) is 13.2. The number of nitrogens with zero attached hydrogens (tertiary/aromatic N) is 4. The maximum Gasteiger partial charge on any atom is 0.433 e. The van der Waals surface area contributed by atoms with Gasteiger partial charge in [-0.15, -0.1) is 0 Å². The molecule has 13 heteroatoms. The number of likely N-dealkylation sites (tertiary alicyclic amines) is 1. The molecule has 0 aromatic carbocycles. The maximum atomic E-state index is 14.7. The highest BCUT2D eigenvalue weighted by atomic mass is 35.5. The SMILES string of the molecule is CCOC(=O)C1(C)CCC(n2ncc(C(=O)N3C[C@H](C4CCCCC4)C[C@@H]3C(O)c3c(Cl)cncc3Cl)c2C(F)(F)F)CC1. The molecule has 1 unspecified atom stereocenters. The van der Waals surface area contributed by atoms with Crippen LogP contribution in [0.2, 0.25) is 10.0 Å². The van der Waals surface area contributed by atoms with Crippen molar-refractivity contribution in [1.82, 2.24) is 19.7 Å². The van der Waals surface area contributed by atoms with Gasteiger partial charge in [-0.3, -0.25) is 19.3 Å². The summed E-state index contributed by atoms with van der Waals surface area (Å²) in [5, 5.41) is 15.9. The highest BCUT2D eigenvalue weighted by molar-refractivity contribution is 6.35. The van der Waals surface area contributed by atoms with Gasteiger partial charge in [0.2, 0.25) is 0 Å². The molecule has 1 aliphatic heterocycles. The Kier molecular flexibility index (Phi) is 9.87. The van der Waals surface area contributed by atoms with Crippen LogP contribution in [-0.4, -0.2) is 55.8 Å². The molecule has 242 valence electrons. The summed E-state index contributed by atoms with van der Waals surface area (Å²) in [5.74, 6) is -0.868. The maximum absolute atomic E-state index is 14.7. The van der Waals surface area contributed by atoms with E-state index in [4.69, 9.17) is 27.9 Å². The fourth-order valence-electron chi connectivity index (χ4n) is 7.50. The van der Waals surface area contributed by atoms with Gasteiger partial charge in [0.05, 0.1) is 45.9 Å². The van der Waals surface area contributed by atoms with Crippen LogP contribution >= 0.6 is 23.2 Å². The normalized spacial score (nSPS) is 27.4. The van der Waals surface area contributed by atoms with Gasteiger partial charge in [-0.2, -0.15) is 18.3 Å². The van der Waals surface area contributed by atoms with Crippen LogP contribution in [-0.2, 0) is 15.7 Å². The molecular weight excluding hydrogens is 620 g/mol. The van der Waals surface area contributed by atoms with Crippen molar-refractivity contribution in [3.63, 3.8) is 0 Å². The second-order valence-corrected chi connectivity index (χ2v) is 13.6. The summed E-state index contributed by atoms with van der Waals surface area (Å²) < 4.78 is 50.3. The Morgan fingerprint density at radius 3 is 2.30 bits per heavy atom. The van der Waals surface area contributed by atoms with Crippen molar-refractivity contribution in [3.8, 4) is 0 Å². The van der Waals surface area contributed by atoms with E-state index in [0.29, 0.717) is 25.2 Å². The summed E-state index contributed by atoms with van der Waals surface area (Å²) in [6, 6.07) is -1.48. The molecule has 2 aromatic heterocycles. The zero-order valence-corrected chi connectivity index (χ0v) is 26.5. The van der Waals surface area contributed by atoms with E-state index < -0.39 is 46.9 Å². The van der Waals surface area contributed by atoms with Crippen molar-refractivity contribution in [2.75, 3.05) is 13.2 Å². The molecule has 2 aliphatic carbocycles. The fourth-order valence-corrected chi connectivity index (χ4v) is 8.09. The summed E-state index contributed by atoms with van der Waals surface area (Å²) in [6.07, 6.45) is 4.36. The van der Waals surface area contributed by atoms with Crippen LogP contribution in [0, 0.1) is 17.3 Å². The van der Waals surface area contributed by atoms with Gasteiger partial charge in [-0.25, -0.2) is 0 Å². The van der Waals surface area contributed by atoms with Crippen LogP contribution < -0.4 is 0 Å². The van der Waals surface area contributed by atoms with Crippen molar-refractivity contribution in [2.24, 2.45) is 17.3 Å². The Balaban J connectivity index is 1.46. The third-order valence-electron chi connectivity index (χ3n) is 9.97. The van der Waals surface area contributed by atoms with E-state index in [2.05, 4.69) is 10.1 Å². The first-order valence-electron chi connectivity index (χ1n) is 15.5. The molecular formula is C31H39Cl2F3N4O4. The fraction of sp³-hybridized carbons (Fsp3) is 0.677. The number of ether oxygens (including phenoxy) is 1. The average molecular weight is 660 g/mol. The number of aliphatic hydroxyl groups is 1. The molecule has 3 fully saturated rings. The van der Waals surface area contributed by atoms with Crippen molar-refractivity contribution in [2.45, 2.75) is 102 Å². The topological polar surface area (TPSA) is 97.6 Å². The van der Waals surface area contributed by atoms with E-state index in [9.17, 15) is 27.9 Å². The molecule has 3 heterocycles. The van der Waals surface area contributed by atoms with Crippen LogP contribution in [0.25, 0.3) is 0 Å². The molecule has 44 heavy (non-hydrogen) atoms. The predicted octanol–water partition coefficient (Wildman–Crippen LogP) is 7.43. The molecule has 2 saturated carbocycles. The van der Waals surface area contributed by atoms with Crippen molar-refractivity contribution >= 4 is 35.1 Å². The first-order valence-corrected chi connectivity index (χ1v) is 16.2. The molecule has 0 radical (unpaired) electrons. The van der Waals surface area contributed by atoms with Crippen molar-refractivity contribution in [3.05, 3.63) is 45.5 Å². The minimum Gasteiger partial charge on any atom is -0.466 e. The van der Waals surface area contributed by atoms with E-state index in [1.165, 1.54) is 17.3 Å². The highest BCUT2D eigenvalue weighted by Crippen LogP contribution is 2.46. The van der Waals surface area contributed by atoms with Gasteiger partial charge in [0.15, 0.2) is 5.69 Å². The number of halogens is 5. The molecule has 3 atom stereocenters. The van der Waals surface area contributed by atoms with E-state index in [0.717, 1.165) is 43.0 Å². The number of rotatable bonds is 7. The van der Waals surface area contributed by atoms with Gasteiger partial charge in [0.25, 0.3) is 5.91 Å². The molecule has 2 aromatic rings. The minimum absolute atomic E-state index is 0.0153. The monoisotopic (exact) mass is 658 g/mol. The Bertz CT molecular complexity index is 1340. The number of aromatic nitrogens is 3. The third kappa shape index (κ3) is 6.47. The van der Waals surface area contributed by atoms with Crippen molar-refractivity contribution < 1.29 is 32.6 Å². The van der Waals surface area contributed by atoms with Gasteiger partial charge in [0.1, 0.15) is 6.10 Å². The van der Waals surface area contributed by atoms with Gasteiger partial charge < -0.3 is 14.7 Å². The van der Waals surface area contributed by atoms with E-state index in [1.54, 1.807) is 13.8 Å². The first kappa shape index (κ1) is 33.0. The molecule has 5 rings (SSSR count).